The number of halogens is 1. The van der Waals surface area contributed by atoms with Crippen molar-refractivity contribution in [3.05, 3.63) is 53.8 Å². The van der Waals surface area contributed by atoms with Gasteiger partial charge < -0.3 is 24.5 Å². The molecule has 10 heteroatoms. The zero-order valence-corrected chi connectivity index (χ0v) is 24.4. The highest BCUT2D eigenvalue weighted by molar-refractivity contribution is 14.1. The van der Waals surface area contributed by atoms with Crippen LogP contribution in [0, 0.1) is 11.8 Å². The normalized spacial score (nSPS) is 28.4. The van der Waals surface area contributed by atoms with Crippen LogP contribution in [0.15, 0.2) is 46.6 Å². The van der Waals surface area contributed by atoms with E-state index in [4.69, 9.17) is 9.15 Å². The molecule has 0 aromatic carbocycles. The number of nitrogens with zero attached hydrogens (tertiary/aromatic N) is 2. The third-order valence-electron chi connectivity index (χ3n) is 6.74. The first-order valence-electron chi connectivity index (χ1n) is 13.1. The predicted molar refractivity (Wildman–Crippen MR) is 152 cm³/mol. The Kier molecular flexibility index (Phi) is 11.7. The summed E-state index contributed by atoms with van der Waals surface area (Å²) in [5.41, 5.74) is 1.13. The Bertz CT molecular complexity index is 1060. The van der Waals surface area contributed by atoms with E-state index in [1.807, 2.05) is 51.2 Å². The molecule has 2 aliphatic rings. The predicted octanol–water partition coefficient (Wildman–Crippen LogP) is 3.42. The molecule has 0 spiro atoms. The second-order valence-corrected chi connectivity index (χ2v) is 11.6. The molecule has 1 fully saturated rings. The van der Waals surface area contributed by atoms with Gasteiger partial charge in [-0.05, 0) is 19.8 Å². The number of rotatable bonds is 2. The van der Waals surface area contributed by atoms with Gasteiger partial charge in [0.15, 0.2) is 5.69 Å². The number of amides is 1. The van der Waals surface area contributed by atoms with E-state index >= 15 is 0 Å². The van der Waals surface area contributed by atoms with Crippen molar-refractivity contribution in [1.29, 1.82) is 0 Å². The molecule has 2 aliphatic heterocycles. The second kappa shape index (κ2) is 14.7. The molecular weight excluding hydrogens is 601 g/mol. The maximum Gasteiger partial charge on any atom is 0.329 e. The topological polar surface area (TPSA) is 122 Å². The van der Waals surface area contributed by atoms with Crippen molar-refractivity contribution in [1.82, 2.24) is 15.2 Å². The van der Waals surface area contributed by atoms with Crippen molar-refractivity contribution in [2.75, 3.05) is 26.2 Å². The van der Waals surface area contributed by atoms with Gasteiger partial charge in [-0.15, -0.1) is 0 Å². The van der Waals surface area contributed by atoms with E-state index in [-0.39, 0.29) is 46.2 Å². The van der Waals surface area contributed by atoms with Crippen LogP contribution in [0.4, 0.5) is 0 Å². The van der Waals surface area contributed by atoms with Crippen LogP contribution in [0.5, 0.6) is 0 Å². The SMILES string of the molecule is CC1=C[C@@H](I)CC(=O)Cc2nc(co2)C(=O)N2CCC[C@@H]2C(=O)O[C@H]([C@@H](C)CO)[C@H](C)/C=C/CNCC=C1. The number of carbonyl (C=O) groups excluding carboxylic acids is 3. The van der Waals surface area contributed by atoms with Crippen LogP contribution < -0.4 is 5.32 Å². The summed E-state index contributed by atoms with van der Waals surface area (Å²) in [7, 11) is 0. The van der Waals surface area contributed by atoms with E-state index in [0.717, 1.165) is 5.57 Å². The van der Waals surface area contributed by atoms with E-state index in [9.17, 15) is 19.5 Å². The highest BCUT2D eigenvalue weighted by atomic mass is 127. The molecule has 1 aromatic heterocycles. The number of alkyl halides is 1. The Morgan fingerprint density at radius 2 is 2.03 bits per heavy atom. The zero-order valence-electron chi connectivity index (χ0n) is 22.3. The zero-order chi connectivity index (χ0) is 27.7. The van der Waals surface area contributed by atoms with Gasteiger partial charge in [-0.2, -0.15) is 0 Å². The van der Waals surface area contributed by atoms with Crippen molar-refractivity contribution in [2.24, 2.45) is 11.8 Å². The summed E-state index contributed by atoms with van der Waals surface area (Å²) in [4.78, 5) is 44.7. The largest absolute Gasteiger partial charge is 0.460 e. The average Bonchev–Trinajstić information content (AvgIpc) is 3.55. The fourth-order valence-corrected chi connectivity index (χ4v) is 5.75. The molecule has 3 rings (SSSR count). The minimum atomic E-state index is -0.737. The Balaban J connectivity index is 1.83. The smallest absolute Gasteiger partial charge is 0.329 e. The van der Waals surface area contributed by atoms with Crippen molar-refractivity contribution < 1.29 is 28.6 Å². The molecule has 2 bridgehead atoms. The van der Waals surface area contributed by atoms with E-state index in [2.05, 4.69) is 32.9 Å². The molecule has 1 saturated heterocycles. The fraction of sp³-hybridized carbons (Fsp3) is 0.571. The van der Waals surface area contributed by atoms with Crippen LogP contribution in [0.25, 0.3) is 0 Å². The second-order valence-electron chi connectivity index (χ2n) is 10.0. The lowest BCUT2D eigenvalue weighted by Crippen LogP contribution is -2.44. The highest BCUT2D eigenvalue weighted by Crippen LogP contribution is 2.25. The number of aliphatic hydroxyl groups is 1. The lowest BCUT2D eigenvalue weighted by atomic mass is 9.93. The van der Waals surface area contributed by atoms with E-state index in [0.29, 0.717) is 38.9 Å². The number of nitrogens with one attached hydrogen (secondary N) is 1. The summed E-state index contributed by atoms with van der Waals surface area (Å²) >= 11 is 2.24. The molecule has 0 saturated carbocycles. The lowest BCUT2D eigenvalue weighted by Gasteiger charge is -2.30. The third kappa shape index (κ3) is 8.60. The number of cyclic esters (lactones) is 1. The number of carbonyl (C=O) groups is 3. The van der Waals surface area contributed by atoms with Gasteiger partial charge in [-0.3, -0.25) is 9.59 Å². The molecule has 3 heterocycles. The van der Waals surface area contributed by atoms with Crippen molar-refractivity contribution in [3.8, 4) is 0 Å². The Hall–Kier alpha value is -2.31. The van der Waals surface area contributed by atoms with E-state index in [1.165, 1.54) is 11.2 Å². The molecule has 1 amide bonds. The Morgan fingerprint density at radius 1 is 1.26 bits per heavy atom. The van der Waals surface area contributed by atoms with Gasteiger partial charge in [-0.25, -0.2) is 9.78 Å². The lowest BCUT2D eigenvalue weighted by molar-refractivity contribution is -0.159. The first kappa shape index (κ1) is 30.2. The molecule has 208 valence electrons. The van der Waals surface area contributed by atoms with Gasteiger partial charge in [-0.1, -0.05) is 72.4 Å². The number of oxazole rings is 1. The summed E-state index contributed by atoms with van der Waals surface area (Å²) in [6, 6.07) is -0.737. The van der Waals surface area contributed by atoms with Crippen molar-refractivity contribution in [3.63, 3.8) is 0 Å². The number of hydrogen-bond acceptors (Lipinski definition) is 8. The summed E-state index contributed by atoms with van der Waals surface area (Å²) < 4.78 is 11.4. The van der Waals surface area contributed by atoms with Crippen LogP contribution >= 0.6 is 22.6 Å². The number of aliphatic hydroxyl groups excluding tert-OH is 1. The summed E-state index contributed by atoms with van der Waals surface area (Å²) in [5.74, 6) is -1.17. The molecule has 5 atom stereocenters. The number of allylic oxidation sites excluding steroid dienone is 3. The van der Waals surface area contributed by atoms with E-state index < -0.39 is 24.0 Å². The molecule has 1 aromatic rings. The molecule has 0 radical (unpaired) electrons. The number of ether oxygens (including phenoxy) is 1. The van der Waals surface area contributed by atoms with Crippen LogP contribution in [-0.2, 0) is 20.7 Å². The molecular formula is C28H38IN3O6. The molecule has 0 aliphatic carbocycles. The van der Waals surface area contributed by atoms with Gasteiger partial charge in [0.25, 0.3) is 5.91 Å². The van der Waals surface area contributed by atoms with Gasteiger partial charge in [0.05, 0.1) is 6.42 Å². The third-order valence-corrected chi connectivity index (χ3v) is 7.54. The number of esters is 1. The van der Waals surface area contributed by atoms with Gasteiger partial charge in [0, 0.05) is 48.4 Å². The Morgan fingerprint density at radius 3 is 2.79 bits per heavy atom. The monoisotopic (exact) mass is 639 g/mol. The summed E-state index contributed by atoms with van der Waals surface area (Å²) in [5, 5.41) is 13.1. The van der Waals surface area contributed by atoms with Crippen LogP contribution in [0.2, 0.25) is 0 Å². The molecule has 0 unspecified atom stereocenters. The van der Waals surface area contributed by atoms with Crippen LogP contribution in [0.1, 0.15) is 56.4 Å². The fourth-order valence-electron chi connectivity index (χ4n) is 4.70. The van der Waals surface area contributed by atoms with Gasteiger partial charge in [0.1, 0.15) is 24.2 Å². The van der Waals surface area contributed by atoms with Crippen molar-refractivity contribution in [2.45, 2.75) is 62.5 Å². The standard InChI is InChI=1S/C28H38IN3O6/c1-18-7-4-10-30-11-5-8-19(2)26(20(3)16-33)38-28(36)24-9-6-12-32(24)27(35)23-17-37-25(31-23)15-22(34)14-21(29)13-18/h4-5,7-8,13,17,19-21,24,26,30,33H,6,9-12,14-16H2,1-3H3/b7-4?,8-5+,18-13?/t19-,20+,21-,24-,26+/m1/s1. The number of fused-ring (bicyclic) bond motifs is 3. The molecule has 2 N–H and O–H groups in total. The molecule has 38 heavy (non-hydrogen) atoms. The van der Waals surface area contributed by atoms with Gasteiger partial charge in [0.2, 0.25) is 5.89 Å². The van der Waals surface area contributed by atoms with Crippen LogP contribution in [0.3, 0.4) is 0 Å². The van der Waals surface area contributed by atoms with Crippen LogP contribution in [-0.4, -0.2) is 75.0 Å². The first-order valence-corrected chi connectivity index (χ1v) is 14.4. The number of Topliss-reactive ketones (excluding diaryl/α,β-unsaturated/α-hetero) is 1. The maximum atomic E-state index is 13.2. The highest BCUT2D eigenvalue weighted by Gasteiger charge is 2.39. The maximum absolute atomic E-state index is 13.2. The minimum absolute atomic E-state index is 0.00346. The first-order chi connectivity index (χ1) is 18.2. The summed E-state index contributed by atoms with van der Waals surface area (Å²) in [6.45, 7) is 7.38. The number of hydrogen-bond donors (Lipinski definition) is 2. The number of aromatic nitrogens is 1. The molecule has 9 nitrogen and oxygen atoms in total. The summed E-state index contributed by atoms with van der Waals surface area (Å²) in [6.07, 6.45) is 12.2. The average molecular weight is 640 g/mol. The van der Waals surface area contributed by atoms with E-state index in [1.54, 1.807) is 0 Å². The minimum Gasteiger partial charge on any atom is -0.460 e. The quantitative estimate of drug-likeness (QED) is 0.219. The Labute approximate surface area is 237 Å². The van der Waals surface area contributed by atoms with Crippen molar-refractivity contribution >= 4 is 40.3 Å². The number of ketones is 1. The van der Waals surface area contributed by atoms with Gasteiger partial charge >= 0.3 is 5.97 Å².